The second-order valence-corrected chi connectivity index (χ2v) is 3.11. The number of carbonyl (C=O) groups excluding carboxylic acids is 1. The molecule has 0 atom stereocenters. The first kappa shape index (κ1) is 11.5. The molecule has 0 spiro atoms. The van der Waals surface area contributed by atoms with Crippen LogP contribution in [0.4, 0.5) is 5.69 Å². The van der Waals surface area contributed by atoms with E-state index in [2.05, 4.69) is 0 Å². The van der Waals surface area contributed by atoms with Gasteiger partial charge >= 0.3 is 5.97 Å². The molecule has 2 N–H and O–H groups in total. The zero-order chi connectivity index (χ0) is 11.3. The maximum absolute atomic E-state index is 11.4. The van der Waals surface area contributed by atoms with E-state index < -0.39 is 5.97 Å². The summed E-state index contributed by atoms with van der Waals surface area (Å²) in [6.07, 6.45) is 0. The smallest absolute Gasteiger partial charge is 0.340 e. The molecule has 4 heteroatoms. The van der Waals surface area contributed by atoms with Crippen LogP contribution >= 0.6 is 0 Å². The van der Waals surface area contributed by atoms with E-state index in [9.17, 15) is 4.79 Å². The molecule has 0 aromatic heterocycles. The lowest BCUT2D eigenvalue weighted by atomic mass is 10.1. The molecule has 0 saturated heterocycles. The molecule has 1 rings (SSSR count). The van der Waals surface area contributed by atoms with Crippen molar-refractivity contribution in [3.05, 3.63) is 29.3 Å². The Hall–Kier alpha value is -1.55. The number of anilines is 1. The summed E-state index contributed by atoms with van der Waals surface area (Å²) >= 11 is 0. The van der Waals surface area contributed by atoms with Crippen LogP contribution in [0.3, 0.4) is 0 Å². The van der Waals surface area contributed by atoms with Gasteiger partial charge in [-0.05, 0) is 31.5 Å². The van der Waals surface area contributed by atoms with Crippen LogP contribution < -0.4 is 5.73 Å². The number of nitrogen functional groups attached to an aromatic ring is 1. The molecule has 0 bridgehead atoms. The van der Waals surface area contributed by atoms with Gasteiger partial charge < -0.3 is 15.2 Å². The topological polar surface area (TPSA) is 61.5 Å². The predicted octanol–water partition coefficient (Wildman–Crippen LogP) is 1.73. The molecule has 1 aromatic rings. The summed E-state index contributed by atoms with van der Waals surface area (Å²) in [4.78, 5) is 11.4. The number of rotatable bonds is 4. The van der Waals surface area contributed by atoms with Gasteiger partial charge in [-0.15, -0.1) is 0 Å². The number of hydrogen-bond acceptors (Lipinski definition) is 4. The van der Waals surface area contributed by atoms with Gasteiger partial charge in [0.25, 0.3) is 0 Å². The SMILES string of the molecule is CCOCOC(=O)c1ccc(C)c(N)c1. The van der Waals surface area contributed by atoms with Crippen molar-refractivity contribution < 1.29 is 14.3 Å². The number of benzene rings is 1. The van der Waals surface area contributed by atoms with E-state index in [4.69, 9.17) is 15.2 Å². The van der Waals surface area contributed by atoms with Crippen molar-refractivity contribution in [2.75, 3.05) is 19.1 Å². The number of carbonyl (C=O) groups is 1. The Kier molecular flexibility index (Phi) is 4.12. The van der Waals surface area contributed by atoms with Crippen molar-refractivity contribution in [3.8, 4) is 0 Å². The summed E-state index contributed by atoms with van der Waals surface area (Å²) in [7, 11) is 0. The molecule has 0 radical (unpaired) electrons. The van der Waals surface area contributed by atoms with Crippen molar-refractivity contribution >= 4 is 11.7 Å². The summed E-state index contributed by atoms with van der Waals surface area (Å²) in [5.74, 6) is -0.421. The molecule has 15 heavy (non-hydrogen) atoms. The quantitative estimate of drug-likeness (QED) is 0.355. The summed E-state index contributed by atoms with van der Waals surface area (Å²) in [6, 6.07) is 5.07. The molecule has 0 heterocycles. The van der Waals surface area contributed by atoms with Crippen molar-refractivity contribution in [1.29, 1.82) is 0 Å². The summed E-state index contributed by atoms with van der Waals surface area (Å²) in [5, 5.41) is 0. The number of aryl methyl sites for hydroxylation is 1. The molecular formula is C11H15NO3. The van der Waals surface area contributed by atoms with Crippen LogP contribution in [0, 0.1) is 6.92 Å². The Morgan fingerprint density at radius 1 is 1.47 bits per heavy atom. The van der Waals surface area contributed by atoms with Gasteiger partial charge in [-0.25, -0.2) is 4.79 Å². The Morgan fingerprint density at radius 2 is 2.20 bits per heavy atom. The standard InChI is InChI=1S/C11H15NO3/c1-3-14-7-15-11(13)9-5-4-8(2)10(12)6-9/h4-6H,3,7,12H2,1-2H3. The fourth-order valence-corrected chi connectivity index (χ4v) is 1.03. The highest BCUT2D eigenvalue weighted by molar-refractivity contribution is 5.90. The van der Waals surface area contributed by atoms with Crippen LogP contribution in [0.1, 0.15) is 22.8 Å². The van der Waals surface area contributed by atoms with E-state index in [0.717, 1.165) is 5.56 Å². The molecule has 0 aliphatic heterocycles. The third-order valence-corrected chi connectivity index (χ3v) is 1.99. The molecule has 0 saturated carbocycles. The van der Waals surface area contributed by atoms with Crippen LogP contribution in [0.5, 0.6) is 0 Å². The maximum Gasteiger partial charge on any atom is 0.340 e. The summed E-state index contributed by atoms with van der Waals surface area (Å²) in [6.45, 7) is 4.20. The second kappa shape index (κ2) is 5.36. The normalized spacial score (nSPS) is 10.0. The number of ether oxygens (including phenoxy) is 2. The van der Waals surface area contributed by atoms with E-state index >= 15 is 0 Å². The van der Waals surface area contributed by atoms with Gasteiger partial charge in [0.2, 0.25) is 0 Å². The van der Waals surface area contributed by atoms with Gasteiger partial charge in [-0.2, -0.15) is 0 Å². The first-order chi connectivity index (χ1) is 7.15. The third-order valence-electron chi connectivity index (χ3n) is 1.99. The van der Waals surface area contributed by atoms with Crippen molar-refractivity contribution in [3.63, 3.8) is 0 Å². The fourth-order valence-electron chi connectivity index (χ4n) is 1.03. The molecular weight excluding hydrogens is 194 g/mol. The maximum atomic E-state index is 11.4. The van der Waals surface area contributed by atoms with E-state index in [1.165, 1.54) is 0 Å². The highest BCUT2D eigenvalue weighted by atomic mass is 16.7. The van der Waals surface area contributed by atoms with Gasteiger partial charge in [0.1, 0.15) is 0 Å². The van der Waals surface area contributed by atoms with E-state index in [0.29, 0.717) is 17.9 Å². The Morgan fingerprint density at radius 3 is 2.80 bits per heavy atom. The molecule has 1 aromatic carbocycles. The van der Waals surface area contributed by atoms with E-state index in [-0.39, 0.29) is 6.79 Å². The molecule has 0 amide bonds. The largest absolute Gasteiger partial charge is 0.435 e. The van der Waals surface area contributed by atoms with Crippen LogP contribution in [-0.4, -0.2) is 19.4 Å². The molecule has 82 valence electrons. The van der Waals surface area contributed by atoms with E-state index in [1.54, 1.807) is 18.2 Å². The number of hydrogen-bond donors (Lipinski definition) is 1. The molecule has 0 fully saturated rings. The van der Waals surface area contributed by atoms with Gasteiger partial charge in [0.15, 0.2) is 6.79 Å². The van der Waals surface area contributed by atoms with Gasteiger partial charge in [-0.3, -0.25) is 0 Å². The average Bonchev–Trinajstić information content (AvgIpc) is 2.22. The van der Waals surface area contributed by atoms with Crippen molar-refractivity contribution in [2.45, 2.75) is 13.8 Å². The Labute approximate surface area is 89.0 Å². The minimum absolute atomic E-state index is 0.0247. The number of nitrogens with two attached hydrogens (primary N) is 1. The lowest BCUT2D eigenvalue weighted by molar-refractivity contribution is -0.0274. The lowest BCUT2D eigenvalue weighted by Crippen LogP contribution is -2.09. The second-order valence-electron chi connectivity index (χ2n) is 3.11. The van der Waals surface area contributed by atoms with Gasteiger partial charge in [0, 0.05) is 12.3 Å². The van der Waals surface area contributed by atoms with Crippen molar-refractivity contribution in [1.82, 2.24) is 0 Å². The van der Waals surface area contributed by atoms with Crippen LogP contribution in [-0.2, 0) is 9.47 Å². The highest BCUT2D eigenvalue weighted by Crippen LogP contribution is 2.13. The lowest BCUT2D eigenvalue weighted by Gasteiger charge is -2.06. The van der Waals surface area contributed by atoms with Crippen LogP contribution in [0.15, 0.2) is 18.2 Å². The zero-order valence-corrected chi connectivity index (χ0v) is 8.95. The first-order valence-electron chi connectivity index (χ1n) is 4.76. The average molecular weight is 209 g/mol. The predicted molar refractivity (Wildman–Crippen MR) is 57.5 cm³/mol. The third kappa shape index (κ3) is 3.25. The van der Waals surface area contributed by atoms with Crippen LogP contribution in [0.2, 0.25) is 0 Å². The Balaban J connectivity index is 2.62. The fraction of sp³-hybridized carbons (Fsp3) is 0.364. The molecule has 4 nitrogen and oxygen atoms in total. The zero-order valence-electron chi connectivity index (χ0n) is 8.95. The first-order valence-corrected chi connectivity index (χ1v) is 4.76. The Bertz CT molecular complexity index is 350. The van der Waals surface area contributed by atoms with Crippen molar-refractivity contribution in [2.24, 2.45) is 0 Å². The molecule has 0 unspecified atom stereocenters. The van der Waals surface area contributed by atoms with E-state index in [1.807, 2.05) is 13.8 Å². The van der Waals surface area contributed by atoms with Crippen LogP contribution in [0.25, 0.3) is 0 Å². The highest BCUT2D eigenvalue weighted by Gasteiger charge is 2.07. The molecule has 0 aliphatic rings. The number of esters is 1. The summed E-state index contributed by atoms with van der Waals surface area (Å²) < 4.78 is 9.75. The van der Waals surface area contributed by atoms with Gasteiger partial charge in [-0.1, -0.05) is 6.07 Å². The van der Waals surface area contributed by atoms with Gasteiger partial charge in [0.05, 0.1) is 5.56 Å². The molecule has 0 aliphatic carbocycles. The minimum atomic E-state index is -0.421. The minimum Gasteiger partial charge on any atom is -0.435 e. The monoisotopic (exact) mass is 209 g/mol. The summed E-state index contributed by atoms with van der Waals surface area (Å²) in [5.41, 5.74) is 7.64.